The van der Waals surface area contributed by atoms with Gasteiger partial charge in [-0.05, 0) is 17.2 Å². The Labute approximate surface area is 85.2 Å². The fourth-order valence-corrected chi connectivity index (χ4v) is 1.70. The Balaban J connectivity index is 3.27. The van der Waals surface area contributed by atoms with Gasteiger partial charge in [-0.3, -0.25) is 4.79 Å². The molecule has 0 aliphatic rings. The molecule has 0 unspecified atom stereocenters. The Bertz CT molecular complexity index is 172. The largest absolute Gasteiger partial charge is 0.352 e. The summed E-state index contributed by atoms with van der Waals surface area (Å²) in [5, 5.41) is 2.74. The van der Waals surface area contributed by atoms with Crippen LogP contribution in [-0.2, 0) is 4.79 Å². The van der Waals surface area contributed by atoms with Gasteiger partial charge < -0.3 is 5.32 Å². The smallest absolute Gasteiger partial charge is 0.243 e. The van der Waals surface area contributed by atoms with Gasteiger partial charge in [0, 0.05) is 12.3 Å². The molecule has 0 aromatic carbocycles. The zero-order valence-electron chi connectivity index (χ0n) is 8.72. The predicted molar refractivity (Wildman–Crippen MR) is 60.0 cm³/mol. The Morgan fingerprint density at radius 1 is 1.54 bits per heavy atom. The third-order valence-electron chi connectivity index (χ3n) is 1.27. The average Bonchev–Trinajstić information content (AvgIpc) is 2.01. The highest BCUT2D eigenvalue weighted by Gasteiger charge is 2.09. The van der Waals surface area contributed by atoms with Crippen LogP contribution in [0.15, 0.2) is 12.7 Å². The number of rotatable bonds is 5. The molecule has 1 N–H and O–H groups in total. The van der Waals surface area contributed by atoms with Crippen molar-refractivity contribution < 1.29 is 4.79 Å². The lowest BCUT2D eigenvalue weighted by atomic mass is 10.0. The SMILES string of the molecule is C=CC(=O)NCCSCC(C)(C)C. The maximum absolute atomic E-state index is 10.7. The van der Waals surface area contributed by atoms with Crippen molar-refractivity contribution in [2.45, 2.75) is 20.8 Å². The number of nitrogens with one attached hydrogen (secondary N) is 1. The summed E-state index contributed by atoms with van der Waals surface area (Å²) in [5.74, 6) is 2.00. The lowest BCUT2D eigenvalue weighted by molar-refractivity contribution is -0.116. The van der Waals surface area contributed by atoms with Gasteiger partial charge in [0.05, 0.1) is 0 Å². The maximum atomic E-state index is 10.7. The van der Waals surface area contributed by atoms with Crippen LogP contribution < -0.4 is 5.32 Å². The highest BCUT2D eigenvalue weighted by Crippen LogP contribution is 2.19. The van der Waals surface area contributed by atoms with Gasteiger partial charge in [-0.25, -0.2) is 0 Å². The molecule has 0 aliphatic carbocycles. The fraction of sp³-hybridized carbons (Fsp3) is 0.700. The van der Waals surface area contributed by atoms with E-state index in [9.17, 15) is 4.79 Å². The highest BCUT2D eigenvalue weighted by molar-refractivity contribution is 7.99. The molecule has 0 aliphatic heterocycles. The van der Waals surface area contributed by atoms with Crippen molar-refractivity contribution in [3.63, 3.8) is 0 Å². The minimum Gasteiger partial charge on any atom is -0.352 e. The lowest BCUT2D eigenvalue weighted by Crippen LogP contribution is -2.23. The number of carbonyl (C=O) groups is 1. The van der Waals surface area contributed by atoms with Crippen LogP contribution in [0.5, 0.6) is 0 Å². The summed E-state index contributed by atoms with van der Waals surface area (Å²) in [5.41, 5.74) is 0.368. The summed E-state index contributed by atoms with van der Waals surface area (Å²) >= 11 is 1.86. The molecule has 0 radical (unpaired) electrons. The van der Waals surface area contributed by atoms with Crippen LogP contribution in [0, 0.1) is 5.41 Å². The molecular weight excluding hydrogens is 182 g/mol. The average molecular weight is 201 g/mol. The van der Waals surface area contributed by atoms with Crippen molar-refractivity contribution in [1.82, 2.24) is 5.32 Å². The Morgan fingerprint density at radius 3 is 2.62 bits per heavy atom. The van der Waals surface area contributed by atoms with Crippen LogP contribution >= 0.6 is 11.8 Å². The zero-order valence-corrected chi connectivity index (χ0v) is 9.54. The molecule has 0 atom stereocenters. The van der Waals surface area contributed by atoms with E-state index < -0.39 is 0 Å². The van der Waals surface area contributed by atoms with Crippen LogP contribution in [0.4, 0.5) is 0 Å². The van der Waals surface area contributed by atoms with Crippen molar-refractivity contribution in [2.75, 3.05) is 18.1 Å². The van der Waals surface area contributed by atoms with Gasteiger partial charge in [-0.15, -0.1) is 0 Å². The summed E-state index contributed by atoms with van der Waals surface area (Å²) in [6.07, 6.45) is 1.30. The first-order valence-corrected chi connectivity index (χ1v) is 5.59. The summed E-state index contributed by atoms with van der Waals surface area (Å²) in [4.78, 5) is 10.7. The van der Waals surface area contributed by atoms with E-state index in [1.807, 2.05) is 11.8 Å². The first kappa shape index (κ1) is 12.6. The highest BCUT2D eigenvalue weighted by atomic mass is 32.2. The summed E-state index contributed by atoms with van der Waals surface area (Å²) in [6.45, 7) is 10.7. The molecule has 0 rings (SSSR count). The minimum absolute atomic E-state index is 0.0867. The van der Waals surface area contributed by atoms with Gasteiger partial charge in [-0.2, -0.15) is 11.8 Å². The molecule has 0 heterocycles. The summed E-state index contributed by atoms with van der Waals surface area (Å²) in [7, 11) is 0. The Hall–Kier alpha value is -0.440. The number of thioether (sulfide) groups is 1. The first-order chi connectivity index (χ1) is 5.95. The second kappa shape index (κ2) is 6.08. The van der Waals surface area contributed by atoms with E-state index in [-0.39, 0.29) is 5.91 Å². The molecule has 0 aromatic heterocycles. The molecule has 13 heavy (non-hydrogen) atoms. The van der Waals surface area contributed by atoms with Crippen LogP contribution in [-0.4, -0.2) is 24.0 Å². The van der Waals surface area contributed by atoms with Crippen molar-refractivity contribution in [1.29, 1.82) is 0 Å². The van der Waals surface area contributed by atoms with Gasteiger partial charge in [0.25, 0.3) is 0 Å². The van der Waals surface area contributed by atoms with Crippen LogP contribution in [0.3, 0.4) is 0 Å². The van der Waals surface area contributed by atoms with E-state index >= 15 is 0 Å². The molecule has 1 amide bonds. The van der Waals surface area contributed by atoms with Gasteiger partial charge in [0.2, 0.25) is 5.91 Å². The van der Waals surface area contributed by atoms with E-state index in [0.29, 0.717) is 5.41 Å². The van der Waals surface area contributed by atoms with E-state index in [1.165, 1.54) is 6.08 Å². The van der Waals surface area contributed by atoms with Crippen molar-refractivity contribution in [2.24, 2.45) is 5.41 Å². The molecule has 0 spiro atoms. The van der Waals surface area contributed by atoms with E-state index in [0.717, 1.165) is 18.1 Å². The van der Waals surface area contributed by atoms with Crippen LogP contribution in [0.25, 0.3) is 0 Å². The molecule has 0 bridgehead atoms. The number of hydrogen-bond donors (Lipinski definition) is 1. The fourth-order valence-electron chi connectivity index (χ4n) is 0.697. The van der Waals surface area contributed by atoms with Crippen LogP contribution in [0.1, 0.15) is 20.8 Å². The second-order valence-corrected chi connectivity index (χ2v) is 5.21. The van der Waals surface area contributed by atoms with E-state index in [4.69, 9.17) is 0 Å². The minimum atomic E-state index is -0.0867. The van der Waals surface area contributed by atoms with E-state index in [2.05, 4.69) is 32.7 Å². The molecule has 0 fully saturated rings. The molecule has 2 nitrogen and oxygen atoms in total. The van der Waals surface area contributed by atoms with Gasteiger partial charge in [0.1, 0.15) is 0 Å². The molecule has 0 aromatic rings. The standard InChI is InChI=1S/C10H19NOS/c1-5-9(12)11-6-7-13-8-10(2,3)4/h5H,1,6-8H2,2-4H3,(H,11,12). The Kier molecular flexibility index (Phi) is 5.88. The predicted octanol–water partition coefficient (Wildman–Crippen LogP) is 2.07. The third-order valence-corrected chi connectivity index (χ3v) is 2.83. The van der Waals surface area contributed by atoms with Gasteiger partial charge >= 0.3 is 0 Å². The van der Waals surface area contributed by atoms with Gasteiger partial charge in [0.15, 0.2) is 0 Å². The quantitative estimate of drug-likeness (QED) is 0.545. The zero-order chi connectivity index (χ0) is 10.3. The number of amides is 1. The first-order valence-electron chi connectivity index (χ1n) is 4.44. The van der Waals surface area contributed by atoms with Crippen molar-refractivity contribution in [3.8, 4) is 0 Å². The number of carbonyl (C=O) groups excluding carboxylic acids is 1. The molecule has 76 valence electrons. The third kappa shape index (κ3) is 9.47. The van der Waals surface area contributed by atoms with Crippen LogP contribution in [0.2, 0.25) is 0 Å². The molecule has 0 saturated heterocycles. The topological polar surface area (TPSA) is 29.1 Å². The molecule has 0 saturated carbocycles. The maximum Gasteiger partial charge on any atom is 0.243 e. The van der Waals surface area contributed by atoms with E-state index in [1.54, 1.807) is 0 Å². The summed E-state index contributed by atoms with van der Waals surface area (Å²) < 4.78 is 0. The summed E-state index contributed by atoms with van der Waals surface area (Å²) in [6, 6.07) is 0. The Morgan fingerprint density at radius 2 is 2.15 bits per heavy atom. The second-order valence-electron chi connectivity index (χ2n) is 4.11. The number of hydrogen-bond acceptors (Lipinski definition) is 2. The molecule has 3 heteroatoms. The van der Waals surface area contributed by atoms with Gasteiger partial charge in [-0.1, -0.05) is 27.4 Å². The normalized spacial score (nSPS) is 11.0. The monoisotopic (exact) mass is 201 g/mol. The van der Waals surface area contributed by atoms with Crippen molar-refractivity contribution >= 4 is 17.7 Å². The molecular formula is C10H19NOS. The lowest BCUT2D eigenvalue weighted by Gasteiger charge is -2.16. The van der Waals surface area contributed by atoms with Crippen molar-refractivity contribution in [3.05, 3.63) is 12.7 Å².